The van der Waals surface area contributed by atoms with Crippen molar-refractivity contribution in [3.63, 3.8) is 0 Å². The number of nitrogens with zero attached hydrogens (tertiary/aromatic N) is 3. The van der Waals surface area contributed by atoms with Crippen LogP contribution in [0.4, 0.5) is 5.69 Å². The summed E-state index contributed by atoms with van der Waals surface area (Å²) in [6, 6.07) is 15.6. The first-order valence-electron chi connectivity index (χ1n) is 9.84. The predicted octanol–water partition coefficient (Wildman–Crippen LogP) is 1.49. The summed E-state index contributed by atoms with van der Waals surface area (Å²) >= 11 is 0. The normalized spacial score (nSPS) is 16.9. The van der Waals surface area contributed by atoms with E-state index < -0.39 is 0 Å². The van der Waals surface area contributed by atoms with Gasteiger partial charge in [-0.1, -0.05) is 30.3 Å². The Kier molecular flexibility index (Phi) is 5.41. The molecule has 28 heavy (non-hydrogen) atoms. The lowest BCUT2D eigenvalue weighted by Crippen LogP contribution is -2.51. The molecule has 0 unspecified atom stereocenters. The third kappa shape index (κ3) is 3.79. The van der Waals surface area contributed by atoms with Crippen LogP contribution in [0, 0.1) is 0 Å². The Labute approximate surface area is 165 Å². The number of carbonyl (C=O) groups is 2. The molecule has 2 aromatic carbocycles. The standard InChI is InChI=1S/C22H26N4O2/c23-15-17-5-7-19(8-6-17)22(28)25-13-11-24(12-14-25)16-21(27)26-10-9-18-3-1-2-4-20(18)26/h1-8H,9-16,23H2. The van der Waals surface area contributed by atoms with Gasteiger partial charge in [0.15, 0.2) is 0 Å². The Balaban J connectivity index is 1.30. The second-order valence-corrected chi connectivity index (χ2v) is 7.39. The Morgan fingerprint density at radius 3 is 2.32 bits per heavy atom. The van der Waals surface area contributed by atoms with Crippen LogP contribution < -0.4 is 10.6 Å². The van der Waals surface area contributed by atoms with Crippen LogP contribution in [-0.2, 0) is 17.8 Å². The minimum atomic E-state index is 0.0445. The van der Waals surface area contributed by atoms with E-state index in [4.69, 9.17) is 5.73 Å². The number of anilines is 1. The molecule has 6 nitrogen and oxygen atoms in total. The molecule has 0 atom stereocenters. The molecular weight excluding hydrogens is 352 g/mol. The van der Waals surface area contributed by atoms with E-state index in [0.717, 1.165) is 24.2 Å². The Morgan fingerprint density at radius 2 is 1.61 bits per heavy atom. The van der Waals surface area contributed by atoms with Gasteiger partial charge in [-0.15, -0.1) is 0 Å². The third-order valence-corrected chi connectivity index (χ3v) is 5.64. The van der Waals surface area contributed by atoms with E-state index in [1.54, 1.807) is 0 Å². The van der Waals surface area contributed by atoms with Gasteiger partial charge in [-0.25, -0.2) is 0 Å². The number of piperazine rings is 1. The molecule has 2 aliphatic heterocycles. The van der Waals surface area contributed by atoms with Gasteiger partial charge in [0.05, 0.1) is 6.54 Å². The first-order valence-corrected chi connectivity index (χ1v) is 9.84. The van der Waals surface area contributed by atoms with E-state index >= 15 is 0 Å². The van der Waals surface area contributed by atoms with Crippen molar-refractivity contribution in [2.75, 3.05) is 44.2 Å². The molecule has 0 saturated carbocycles. The molecular formula is C22H26N4O2. The van der Waals surface area contributed by atoms with Crippen molar-refractivity contribution in [3.05, 3.63) is 65.2 Å². The molecule has 1 fully saturated rings. The molecule has 2 aliphatic rings. The first-order chi connectivity index (χ1) is 13.7. The number of benzene rings is 2. The zero-order chi connectivity index (χ0) is 19.5. The van der Waals surface area contributed by atoms with E-state index in [1.165, 1.54) is 5.56 Å². The number of amides is 2. The van der Waals surface area contributed by atoms with Crippen molar-refractivity contribution >= 4 is 17.5 Å². The average Bonchev–Trinajstić information content (AvgIpc) is 3.18. The van der Waals surface area contributed by atoms with Crippen molar-refractivity contribution < 1.29 is 9.59 Å². The summed E-state index contributed by atoms with van der Waals surface area (Å²) in [5, 5.41) is 0. The van der Waals surface area contributed by atoms with E-state index in [2.05, 4.69) is 11.0 Å². The van der Waals surface area contributed by atoms with Gasteiger partial charge in [0.25, 0.3) is 5.91 Å². The van der Waals surface area contributed by atoms with Gasteiger partial charge in [0.1, 0.15) is 0 Å². The third-order valence-electron chi connectivity index (χ3n) is 5.64. The summed E-state index contributed by atoms with van der Waals surface area (Å²) in [5.74, 6) is 0.185. The van der Waals surface area contributed by atoms with Crippen LogP contribution in [0.25, 0.3) is 0 Å². The fourth-order valence-corrected chi connectivity index (χ4v) is 3.95. The molecule has 0 aliphatic carbocycles. The number of nitrogens with two attached hydrogens (primary N) is 1. The van der Waals surface area contributed by atoms with E-state index in [0.29, 0.717) is 44.8 Å². The number of hydrogen-bond acceptors (Lipinski definition) is 4. The molecule has 4 rings (SSSR count). The maximum atomic E-state index is 12.8. The Hall–Kier alpha value is -2.70. The highest BCUT2D eigenvalue weighted by molar-refractivity contribution is 5.97. The molecule has 2 amide bonds. The number of rotatable bonds is 4. The SMILES string of the molecule is NCc1ccc(C(=O)N2CCN(CC(=O)N3CCc4ccccc43)CC2)cc1. The van der Waals surface area contributed by atoms with E-state index in [-0.39, 0.29) is 11.8 Å². The molecule has 2 heterocycles. The number of hydrogen-bond donors (Lipinski definition) is 1. The molecule has 0 bridgehead atoms. The highest BCUT2D eigenvalue weighted by atomic mass is 16.2. The maximum absolute atomic E-state index is 12.8. The zero-order valence-corrected chi connectivity index (χ0v) is 16.0. The van der Waals surface area contributed by atoms with Gasteiger partial charge in [0.2, 0.25) is 5.91 Å². The van der Waals surface area contributed by atoms with Crippen LogP contribution in [0.2, 0.25) is 0 Å². The second kappa shape index (κ2) is 8.12. The fraction of sp³-hybridized carbons (Fsp3) is 0.364. The second-order valence-electron chi connectivity index (χ2n) is 7.39. The molecule has 2 N–H and O–H groups in total. The Bertz CT molecular complexity index is 857. The molecule has 2 aromatic rings. The van der Waals surface area contributed by atoms with Crippen LogP contribution in [0.1, 0.15) is 21.5 Å². The summed E-state index contributed by atoms with van der Waals surface area (Å²) in [6.07, 6.45) is 0.924. The summed E-state index contributed by atoms with van der Waals surface area (Å²) in [6.45, 7) is 4.35. The van der Waals surface area contributed by atoms with E-state index in [1.807, 2.05) is 52.3 Å². The zero-order valence-electron chi connectivity index (χ0n) is 16.0. The molecule has 0 spiro atoms. The number of carbonyl (C=O) groups excluding carboxylic acids is 2. The van der Waals surface area contributed by atoms with Crippen LogP contribution in [0.15, 0.2) is 48.5 Å². The fourth-order valence-electron chi connectivity index (χ4n) is 3.95. The van der Waals surface area contributed by atoms with Crippen molar-refractivity contribution in [2.24, 2.45) is 5.73 Å². The summed E-state index contributed by atoms with van der Waals surface area (Å²) in [5.41, 5.74) is 9.61. The smallest absolute Gasteiger partial charge is 0.253 e. The van der Waals surface area contributed by atoms with Crippen LogP contribution >= 0.6 is 0 Å². The molecule has 6 heteroatoms. The van der Waals surface area contributed by atoms with Gasteiger partial charge in [-0.3, -0.25) is 14.5 Å². The summed E-state index contributed by atoms with van der Waals surface area (Å²) in [4.78, 5) is 31.3. The van der Waals surface area contributed by atoms with Crippen LogP contribution in [0.5, 0.6) is 0 Å². The van der Waals surface area contributed by atoms with E-state index in [9.17, 15) is 9.59 Å². The summed E-state index contributed by atoms with van der Waals surface area (Å²) < 4.78 is 0. The first kappa shape index (κ1) is 18.7. The van der Waals surface area contributed by atoms with Crippen LogP contribution in [0.3, 0.4) is 0 Å². The number of para-hydroxylation sites is 1. The minimum Gasteiger partial charge on any atom is -0.336 e. The van der Waals surface area contributed by atoms with Crippen molar-refractivity contribution in [3.8, 4) is 0 Å². The predicted molar refractivity (Wildman–Crippen MR) is 109 cm³/mol. The van der Waals surface area contributed by atoms with Crippen molar-refractivity contribution in [1.29, 1.82) is 0 Å². The maximum Gasteiger partial charge on any atom is 0.253 e. The quantitative estimate of drug-likeness (QED) is 0.875. The van der Waals surface area contributed by atoms with Gasteiger partial charge < -0.3 is 15.5 Å². The lowest BCUT2D eigenvalue weighted by Gasteiger charge is -2.35. The highest BCUT2D eigenvalue weighted by Crippen LogP contribution is 2.27. The molecule has 1 saturated heterocycles. The largest absolute Gasteiger partial charge is 0.336 e. The van der Waals surface area contributed by atoms with Gasteiger partial charge in [-0.05, 0) is 35.7 Å². The summed E-state index contributed by atoms with van der Waals surface area (Å²) in [7, 11) is 0. The monoisotopic (exact) mass is 378 g/mol. The topological polar surface area (TPSA) is 69.9 Å². The lowest BCUT2D eigenvalue weighted by molar-refractivity contribution is -0.120. The Morgan fingerprint density at radius 1 is 0.893 bits per heavy atom. The van der Waals surface area contributed by atoms with Gasteiger partial charge >= 0.3 is 0 Å². The number of fused-ring (bicyclic) bond motifs is 1. The van der Waals surface area contributed by atoms with Gasteiger partial charge in [-0.2, -0.15) is 0 Å². The minimum absolute atomic E-state index is 0.0445. The molecule has 146 valence electrons. The van der Waals surface area contributed by atoms with Crippen molar-refractivity contribution in [1.82, 2.24) is 9.80 Å². The molecule has 0 radical (unpaired) electrons. The average molecular weight is 378 g/mol. The molecule has 0 aromatic heterocycles. The lowest BCUT2D eigenvalue weighted by atomic mass is 10.1. The van der Waals surface area contributed by atoms with Crippen molar-refractivity contribution in [2.45, 2.75) is 13.0 Å². The van der Waals surface area contributed by atoms with Gasteiger partial charge in [0, 0.05) is 50.5 Å². The highest BCUT2D eigenvalue weighted by Gasteiger charge is 2.28. The van der Waals surface area contributed by atoms with Crippen LogP contribution in [-0.4, -0.2) is 60.9 Å².